The molecule has 0 bridgehead atoms. The van der Waals surface area contributed by atoms with Crippen molar-refractivity contribution in [2.45, 2.75) is 113 Å². The van der Waals surface area contributed by atoms with Gasteiger partial charge < -0.3 is 29.8 Å². The summed E-state index contributed by atoms with van der Waals surface area (Å²) in [4.78, 5) is 40.7. The first kappa shape index (κ1) is 51.6. The fourth-order valence-electron chi connectivity index (χ4n) is 12.9. The number of piperazine rings is 1. The molecule has 6 aromatic rings. The molecule has 17 heteroatoms. The highest BCUT2D eigenvalue weighted by Gasteiger charge is 2.50. The van der Waals surface area contributed by atoms with E-state index in [0.29, 0.717) is 54.7 Å². The highest BCUT2D eigenvalue weighted by atomic mass is 32.2. The van der Waals surface area contributed by atoms with Crippen molar-refractivity contribution < 1.29 is 32.7 Å². The quantitative estimate of drug-likeness (QED) is 0.0529. The van der Waals surface area contributed by atoms with Crippen molar-refractivity contribution in [2.75, 3.05) is 63.1 Å². The van der Waals surface area contributed by atoms with Gasteiger partial charge in [0.25, 0.3) is 21.6 Å². The smallest absolute Gasteiger partial charge is 0.293 e. The fourth-order valence-corrected chi connectivity index (χ4v) is 13.9. The maximum atomic E-state index is 14.1. The Morgan fingerprint density at radius 2 is 1.72 bits per heavy atom. The number of carbonyl (C=O) groups excluding carboxylic acids is 1. The van der Waals surface area contributed by atoms with Gasteiger partial charge in [-0.1, -0.05) is 44.2 Å². The van der Waals surface area contributed by atoms with Gasteiger partial charge in [0.1, 0.15) is 28.6 Å². The van der Waals surface area contributed by atoms with Crippen LogP contribution in [0.2, 0.25) is 0 Å². The number of nitrogens with zero attached hydrogens (tertiary/aromatic N) is 5. The molecular weight excluding hydrogens is 981 g/mol. The van der Waals surface area contributed by atoms with Gasteiger partial charge in [-0.15, -0.1) is 0 Å². The molecule has 4 aromatic carbocycles. The Morgan fingerprint density at radius 1 is 0.934 bits per heavy atom. The molecule has 2 saturated carbocycles. The van der Waals surface area contributed by atoms with Gasteiger partial charge in [0.15, 0.2) is 0 Å². The van der Waals surface area contributed by atoms with Crippen LogP contribution in [0.1, 0.15) is 123 Å². The zero-order chi connectivity index (χ0) is 52.9. The van der Waals surface area contributed by atoms with Crippen molar-refractivity contribution in [1.29, 1.82) is 0 Å². The van der Waals surface area contributed by atoms with E-state index in [2.05, 4.69) is 91.0 Å². The molecule has 4 heterocycles. The number of methoxy groups -OCH3 is 1. The Balaban J connectivity index is 0.774. The number of sulfonamides is 1. The maximum absolute atomic E-state index is 14.1. The van der Waals surface area contributed by atoms with E-state index in [1.807, 2.05) is 19.1 Å². The van der Waals surface area contributed by atoms with Crippen LogP contribution in [0.15, 0.2) is 108 Å². The molecular formula is C59H70N8O8S. The number of carbonyl (C=O) groups is 1. The summed E-state index contributed by atoms with van der Waals surface area (Å²) in [5.41, 5.74) is 6.52. The molecule has 1 spiro atoms. The number of rotatable bonds is 16. The maximum Gasteiger partial charge on any atom is 0.293 e. The Bertz CT molecular complexity index is 3240. The number of nitro benzene ring substituents is 1. The summed E-state index contributed by atoms with van der Waals surface area (Å²) in [6, 6.07) is 28.9. The number of hydrogen-bond donors (Lipinski definition) is 4. The predicted octanol–water partition coefficient (Wildman–Crippen LogP) is 10.3. The second-order valence-electron chi connectivity index (χ2n) is 22.9. The molecule has 11 rings (SSSR count). The van der Waals surface area contributed by atoms with Crippen LogP contribution < -0.4 is 24.4 Å². The second kappa shape index (κ2) is 20.8. The Hall–Kier alpha value is -6.53. The number of hydrogen-bond acceptors (Lipinski definition) is 13. The van der Waals surface area contributed by atoms with Crippen LogP contribution in [0.4, 0.5) is 17.1 Å². The molecule has 400 valence electrons. The number of piperidine rings is 1. The topological polar surface area (TPSA) is 195 Å². The average Bonchev–Trinajstić information content (AvgIpc) is 3.88. The number of aliphatic hydroxyl groups is 1. The molecule has 2 aliphatic heterocycles. The highest BCUT2D eigenvalue weighted by Crippen LogP contribution is 2.54. The van der Waals surface area contributed by atoms with E-state index in [0.717, 1.165) is 107 Å². The number of amides is 1. The Labute approximate surface area is 445 Å². The number of nitrogens with one attached hydrogen (secondary N) is 3. The lowest BCUT2D eigenvalue weighted by Crippen LogP contribution is -2.60. The van der Waals surface area contributed by atoms with Crippen LogP contribution in [0.3, 0.4) is 0 Å². The Morgan fingerprint density at radius 3 is 2.49 bits per heavy atom. The summed E-state index contributed by atoms with van der Waals surface area (Å²) in [5.74, 6) is 1.64. The van der Waals surface area contributed by atoms with Crippen molar-refractivity contribution in [2.24, 2.45) is 11.3 Å². The van der Waals surface area contributed by atoms with Gasteiger partial charge in [-0.2, -0.15) is 0 Å². The number of fused-ring (bicyclic) bond motifs is 2. The van der Waals surface area contributed by atoms with Crippen molar-refractivity contribution in [3.05, 3.63) is 141 Å². The van der Waals surface area contributed by atoms with Crippen LogP contribution in [-0.2, 0) is 16.4 Å². The van der Waals surface area contributed by atoms with Crippen molar-refractivity contribution in [3.8, 4) is 17.2 Å². The number of H-pyrrole nitrogens is 1. The summed E-state index contributed by atoms with van der Waals surface area (Å²) < 4.78 is 41.9. The minimum absolute atomic E-state index is 0.0255. The van der Waals surface area contributed by atoms with Gasteiger partial charge in [0.2, 0.25) is 0 Å². The lowest BCUT2D eigenvalue weighted by molar-refractivity contribution is -0.384. The molecule has 4 fully saturated rings. The number of anilines is 2. The zero-order valence-electron chi connectivity index (χ0n) is 44.0. The summed E-state index contributed by atoms with van der Waals surface area (Å²) in [6.07, 6.45) is 11.6. The third kappa shape index (κ3) is 10.6. The summed E-state index contributed by atoms with van der Waals surface area (Å²) in [6.45, 7) is 12.6. The second-order valence-corrected chi connectivity index (χ2v) is 24.6. The molecule has 16 nitrogen and oxygen atoms in total. The number of aromatic nitrogens is 2. The van der Waals surface area contributed by atoms with E-state index in [1.54, 1.807) is 37.7 Å². The lowest BCUT2D eigenvalue weighted by atomic mass is 9.59. The van der Waals surface area contributed by atoms with Crippen LogP contribution in [0.25, 0.3) is 11.0 Å². The molecule has 5 aliphatic rings. The van der Waals surface area contributed by atoms with E-state index in [1.165, 1.54) is 34.4 Å². The standard InChI is InChI=1S/C59H70N8O8S/c1-38(2)48-7-5-6-8-49(48)54-37-64(36-42-27-40-9-11-45(74-4)30-51(40)42)25-26-66(54)44-32-59(33-44)20-23-65(24-21-59)43-10-13-50(55(29-43)75-46-28-41-17-22-60-56(41)62-35-46)57(68)63-76(72,73)47-12-14-52(53(31-47)67(70)71)61-34-39-15-18-58(3,69)19-16-39/h5-14,17,22,28-31,35,38-39,42,44,54,61,69H,15-16,18-21,23-27,32-34,36-37H2,1-4H3,(H,60,62)(H,63,68)/t39-,42?,54-,58-/m0/s1. The summed E-state index contributed by atoms with van der Waals surface area (Å²) in [5, 5.41) is 26.5. The molecule has 2 saturated heterocycles. The average molecular weight is 1050 g/mol. The molecule has 1 unspecified atom stereocenters. The first-order chi connectivity index (χ1) is 36.5. The van der Waals surface area contributed by atoms with E-state index in [9.17, 15) is 28.4 Å². The van der Waals surface area contributed by atoms with E-state index in [-0.39, 0.29) is 28.3 Å². The first-order valence-electron chi connectivity index (χ1n) is 27.1. The molecule has 2 atom stereocenters. The summed E-state index contributed by atoms with van der Waals surface area (Å²) >= 11 is 0. The highest BCUT2D eigenvalue weighted by molar-refractivity contribution is 7.90. The molecule has 0 radical (unpaired) electrons. The molecule has 1 amide bonds. The number of benzene rings is 4. The molecule has 76 heavy (non-hydrogen) atoms. The largest absolute Gasteiger partial charge is 0.497 e. The number of nitro groups is 1. The van der Waals surface area contributed by atoms with E-state index in [4.69, 9.17) is 9.47 Å². The number of aromatic amines is 1. The molecule has 4 N–H and O–H groups in total. The third-order valence-corrected chi connectivity index (χ3v) is 18.8. The minimum Gasteiger partial charge on any atom is -0.497 e. The van der Waals surface area contributed by atoms with Crippen LogP contribution in [0, 0.1) is 21.4 Å². The Kier molecular flexibility index (Phi) is 14.1. The summed E-state index contributed by atoms with van der Waals surface area (Å²) in [7, 11) is -2.84. The first-order valence-corrected chi connectivity index (χ1v) is 28.6. The minimum atomic E-state index is -4.59. The normalized spacial score (nSPS) is 22.9. The van der Waals surface area contributed by atoms with Crippen molar-refractivity contribution >= 4 is 44.0 Å². The number of ether oxygens (including phenoxy) is 2. The predicted molar refractivity (Wildman–Crippen MR) is 294 cm³/mol. The van der Waals surface area contributed by atoms with Gasteiger partial charge in [-0.25, -0.2) is 18.1 Å². The van der Waals surface area contributed by atoms with E-state index < -0.39 is 37.0 Å². The van der Waals surface area contributed by atoms with Crippen molar-refractivity contribution in [3.63, 3.8) is 0 Å². The monoisotopic (exact) mass is 1050 g/mol. The molecule has 3 aliphatic carbocycles. The number of pyridine rings is 1. The van der Waals surface area contributed by atoms with Crippen LogP contribution >= 0.6 is 0 Å². The van der Waals surface area contributed by atoms with Crippen LogP contribution in [0.5, 0.6) is 17.2 Å². The SMILES string of the molecule is COc1ccc2c(c1)C(CN1CCN(C3CC4(CCN(c5ccc(C(=O)NS(=O)(=O)c6ccc(NC[C@H]7CC[C@](C)(O)CC7)c([N+](=O)[O-])c6)c(Oc6cnc7[nH]ccc7c6)c5)CC4)C3)[C@H](c3ccccc3C(C)C)C1)C2. The van der Waals surface area contributed by atoms with Gasteiger partial charge in [-0.05, 0) is 153 Å². The zero-order valence-corrected chi connectivity index (χ0v) is 44.8. The molecule has 2 aromatic heterocycles. The van der Waals surface area contributed by atoms with Gasteiger partial charge >= 0.3 is 0 Å². The fraction of sp³-hybridized carbons (Fsp3) is 0.458. The third-order valence-electron chi connectivity index (χ3n) is 17.5. The van der Waals surface area contributed by atoms with Crippen LogP contribution in [-0.4, -0.2) is 109 Å². The van der Waals surface area contributed by atoms with Crippen molar-refractivity contribution in [1.82, 2.24) is 24.5 Å². The lowest BCUT2D eigenvalue weighted by Gasteiger charge is -2.58. The van der Waals surface area contributed by atoms with Gasteiger partial charge in [-0.3, -0.25) is 24.7 Å². The van der Waals surface area contributed by atoms with Gasteiger partial charge in [0.05, 0.1) is 34.3 Å². The van der Waals surface area contributed by atoms with E-state index >= 15 is 0 Å². The van der Waals surface area contributed by atoms with Gasteiger partial charge in [0, 0.05) is 93.2 Å².